The number of aromatic nitrogens is 1. The number of halogens is 6. The number of carbonyl (C=O) groups excluding carboxylic acids is 2. The molecule has 0 saturated carbocycles. The molecule has 5 rings (SSSR count). The Morgan fingerprint density at radius 2 is 1.68 bits per heavy atom. The Bertz CT molecular complexity index is 1890. The van der Waals surface area contributed by atoms with E-state index < -0.39 is 53.9 Å². The summed E-state index contributed by atoms with van der Waals surface area (Å²) in [5.74, 6) is -2.85. The van der Waals surface area contributed by atoms with E-state index in [1.165, 1.54) is 42.6 Å². The summed E-state index contributed by atoms with van der Waals surface area (Å²) >= 11 is 6.18. The number of carboxylic acid groups (broad SMARTS) is 1. The molecule has 2 amide bonds. The molecule has 2 aliphatic rings. The smallest absolute Gasteiger partial charge is 0.416 e. The molecule has 4 N–H and O–H groups in total. The van der Waals surface area contributed by atoms with Crippen LogP contribution in [0.4, 0.5) is 32.0 Å². The third-order valence-electron chi connectivity index (χ3n) is 8.15. The van der Waals surface area contributed by atoms with E-state index >= 15 is 0 Å². The number of hydrogen-bond donors (Lipinski definition) is 4. The van der Waals surface area contributed by atoms with Gasteiger partial charge in [-0.25, -0.2) is 9.78 Å². The predicted octanol–water partition coefficient (Wildman–Crippen LogP) is 5.11. The number of aromatic carboxylic acids is 1. The first-order chi connectivity index (χ1) is 25.0. The van der Waals surface area contributed by atoms with Crippen LogP contribution in [-0.2, 0) is 33.2 Å². The number of thiocarbonyl (C=S) groups is 1. The molecule has 11 nitrogen and oxygen atoms in total. The number of β-amino-alcohol motifs (C(OH)–C–C–N with tert-alkyl or cyclic N) is 1. The van der Waals surface area contributed by atoms with E-state index in [0.717, 1.165) is 16.7 Å². The molecule has 2 fully saturated rings. The van der Waals surface area contributed by atoms with Crippen LogP contribution in [0.2, 0.25) is 0 Å². The first-order valence-electron chi connectivity index (χ1n) is 15.9. The fraction of sp³-hybridized carbons (Fsp3) is 0.324. The quantitative estimate of drug-likeness (QED) is 0.111. The van der Waals surface area contributed by atoms with Crippen molar-refractivity contribution in [2.24, 2.45) is 0 Å². The molecule has 2 saturated heterocycles. The van der Waals surface area contributed by atoms with Gasteiger partial charge in [-0.2, -0.15) is 26.3 Å². The molecule has 1 atom stereocenters. The third kappa shape index (κ3) is 10.3. The molecule has 282 valence electrons. The molecule has 0 aliphatic carbocycles. The lowest BCUT2D eigenvalue weighted by molar-refractivity contribution is -0.143. The van der Waals surface area contributed by atoms with Gasteiger partial charge in [-0.3, -0.25) is 19.4 Å². The Balaban J connectivity index is 1.39. The lowest BCUT2D eigenvalue weighted by Gasteiger charge is -2.26. The van der Waals surface area contributed by atoms with Gasteiger partial charge in [0.25, 0.3) is 11.8 Å². The first kappa shape index (κ1) is 39.6. The molecule has 3 aromatic rings. The van der Waals surface area contributed by atoms with E-state index in [9.17, 15) is 45.8 Å². The van der Waals surface area contributed by atoms with Gasteiger partial charge < -0.3 is 25.6 Å². The number of alkyl halides is 6. The van der Waals surface area contributed by atoms with Crippen molar-refractivity contribution in [1.82, 2.24) is 20.1 Å². The highest BCUT2D eigenvalue weighted by Gasteiger charge is 2.38. The van der Waals surface area contributed by atoms with Crippen LogP contribution in [0.15, 0.2) is 59.6 Å². The molecule has 19 heteroatoms. The summed E-state index contributed by atoms with van der Waals surface area (Å²) in [5, 5.41) is 25.4. The van der Waals surface area contributed by atoms with Crippen LogP contribution >= 0.6 is 24.0 Å². The molecule has 1 unspecified atom stereocenters. The number of rotatable bonds is 12. The van der Waals surface area contributed by atoms with Crippen molar-refractivity contribution in [2.45, 2.75) is 25.0 Å². The number of anilines is 1. The number of nitrogens with one attached hydrogen (secondary N) is 2. The topological polar surface area (TPSA) is 144 Å². The summed E-state index contributed by atoms with van der Waals surface area (Å²) in [6.45, 7) is 2.84. The van der Waals surface area contributed by atoms with Gasteiger partial charge in [0.05, 0.1) is 35.8 Å². The fourth-order valence-corrected chi connectivity index (χ4v) is 6.65. The van der Waals surface area contributed by atoms with E-state index in [-0.39, 0.29) is 44.2 Å². The largest absolute Gasteiger partial charge is 0.477 e. The van der Waals surface area contributed by atoms with Gasteiger partial charge in [-0.05, 0) is 70.8 Å². The number of nitrogens with zero attached hydrogens (tertiary/aromatic N) is 3. The van der Waals surface area contributed by atoms with Gasteiger partial charge >= 0.3 is 18.3 Å². The zero-order valence-corrected chi connectivity index (χ0v) is 29.1. The van der Waals surface area contributed by atoms with Gasteiger partial charge in [0.15, 0.2) is 6.10 Å². The van der Waals surface area contributed by atoms with E-state index in [0.29, 0.717) is 62.8 Å². The lowest BCUT2D eigenvalue weighted by atomic mass is 9.97. The number of aliphatic hydroxyl groups is 1. The zero-order valence-electron chi connectivity index (χ0n) is 27.5. The van der Waals surface area contributed by atoms with Gasteiger partial charge in [0, 0.05) is 44.6 Å². The van der Waals surface area contributed by atoms with Crippen molar-refractivity contribution >= 4 is 57.8 Å². The van der Waals surface area contributed by atoms with Crippen LogP contribution < -0.4 is 10.6 Å². The maximum atomic E-state index is 13.7. The van der Waals surface area contributed by atoms with Crippen molar-refractivity contribution in [2.75, 3.05) is 51.3 Å². The minimum atomic E-state index is -5.06. The molecule has 0 bridgehead atoms. The number of ether oxygens (including phenoxy) is 1. The number of carboxylic acids is 1. The first-order valence-corrected chi connectivity index (χ1v) is 17.1. The molecule has 0 radical (unpaired) electrons. The molecular formula is C34H31F6N5O6S2. The number of carbonyl (C=O) groups is 3. The highest BCUT2D eigenvalue weighted by Crippen LogP contribution is 2.40. The van der Waals surface area contributed by atoms with Gasteiger partial charge in [0.2, 0.25) is 0 Å². The number of morpholine rings is 1. The van der Waals surface area contributed by atoms with Gasteiger partial charge in [-0.15, -0.1) is 0 Å². The van der Waals surface area contributed by atoms with Crippen LogP contribution in [0.5, 0.6) is 0 Å². The molecule has 2 aromatic carbocycles. The SMILES string of the molecule is O=C(O)c1cc(CNC(=O)C(O)CN2C(=O)/C(=C/c3cc(-c4cc(C(F)(F)F)cc(C(F)(F)F)c4)ccc3NCCN3CCOCC3)SC2=S)ccn1. The summed E-state index contributed by atoms with van der Waals surface area (Å²) < 4.78 is 87.3. The Kier molecular flexibility index (Phi) is 12.4. The van der Waals surface area contributed by atoms with E-state index in [4.69, 9.17) is 22.1 Å². The van der Waals surface area contributed by atoms with Crippen molar-refractivity contribution in [1.29, 1.82) is 0 Å². The second kappa shape index (κ2) is 16.6. The van der Waals surface area contributed by atoms with Crippen LogP contribution in [0.1, 0.15) is 32.7 Å². The second-order valence-electron chi connectivity index (χ2n) is 11.9. The fourth-order valence-electron chi connectivity index (χ4n) is 5.38. The number of pyridine rings is 1. The maximum absolute atomic E-state index is 13.7. The molecular weight excluding hydrogens is 753 g/mol. The number of benzene rings is 2. The normalized spacial score (nSPS) is 17.0. The Morgan fingerprint density at radius 1 is 1.00 bits per heavy atom. The standard InChI is InChI=1S/C34H31F6N5O6S2/c35-33(36,37)23-13-21(14-24(16-23)34(38,39)40)20-1-2-25(42-5-6-44-7-9-51-10-8-44)22(12-20)15-28-30(48)45(32(52)53-28)18-27(46)29(47)43-17-19-3-4-41-26(11-19)31(49)50/h1-4,11-16,27,42,46H,5-10,17-18H2,(H,43,47)(H,49,50)/b28-15-. The van der Waals surface area contributed by atoms with Gasteiger partial charge in [-0.1, -0.05) is 30.0 Å². The average Bonchev–Trinajstić information content (AvgIpc) is 3.37. The highest BCUT2D eigenvalue weighted by atomic mass is 32.2. The van der Waals surface area contributed by atoms with E-state index in [1.807, 2.05) is 0 Å². The highest BCUT2D eigenvalue weighted by molar-refractivity contribution is 8.26. The summed E-state index contributed by atoms with van der Waals surface area (Å²) in [5.41, 5.74) is -2.47. The average molecular weight is 784 g/mol. The lowest BCUT2D eigenvalue weighted by Crippen LogP contribution is -2.44. The number of amides is 2. The van der Waals surface area contributed by atoms with Crippen molar-refractivity contribution in [3.8, 4) is 11.1 Å². The van der Waals surface area contributed by atoms with Crippen molar-refractivity contribution in [3.05, 3.63) is 87.6 Å². The number of thioether (sulfide) groups is 1. The van der Waals surface area contributed by atoms with Crippen molar-refractivity contribution < 1.29 is 55.7 Å². The second-order valence-corrected chi connectivity index (χ2v) is 13.5. The third-order valence-corrected chi connectivity index (χ3v) is 9.53. The van der Waals surface area contributed by atoms with Gasteiger partial charge in [0.1, 0.15) is 10.0 Å². The predicted molar refractivity (Wildman–Crippen MR) is 187 cm³/mol. The van der Waals surface area contributed by atoms with Crippen LogP contribution in [-0.4, -0.2) is 99.1 Å². The molecule has 2 aliphatic heterocycles. The number of hydrogen-bond acceptors (Lipinski definition) is 10. The molecule has 3 heterocycles. The Labute approximate surface area is 308 Å². The summed E-state index contributed by atoms with van der Waals surface area (Å²) in [6, 6.07) is 8.21. The maximum Gasteiger partial charge on any atom is 0.416 e. The molecule has 0 spiro atoms. The zero-order chi connectivity index (χ0) is 38.5. The monoisotopic (exact) mass is 783 g/mol. The minimum absolute atomic E-state index is 0.0128. The molecule has 53 heavy (non-hydrogen) atoms. The Hall–Kier alpha value is -4.56. The summed E-state index contributed by atoms with van der Waals surface area (Å²) in [4.78, 5) is 44.2. The van der Waals surface area contributed by atoms with Crippen LogP contribution in [0.3, 0.4) is 0 Å². The molecule has 1 aromatic heterocycles. The van der Waals surface area contributed by atoms with Crippen LogP contribution in [0, 0.1) is 0 Å². The minimum Gasteiger partial charge on any atom is -0.477 e. The van der Waals surface area contributed by atoms with E-state index in [1.54, 1.807) is 0 Å². The summed E-state index contributed by atoms with van der Waals surface area (Å²) in [6.07, 6.45) is -9.24. The van der Waals surface area contributed by atoms with Crippen molar-refractivity contribution in [3.63, 3.8) is 0 Å². The number of aliphatic hydroxyl groups excluding tert-OH is 1. The Morgan fingerprint density at radius 3 is 2.32 bits per heavy atom. The van der Waals surface area contributed by atoms with E-state index in [2.05, 4.69) is 20.5 Å². The van der Waals surface area contributed by atoms with Crippen LogP contribution in [0.25, 0.3) is 17.2 Å². The summed E-state index contributed by atoms with van der Waals surface area (Å²) in [7, 11) is 0.